The summed E-state index contributed by atoms with van der Waals surface area (Å²) < 4.78 is 34.3. The highest BCUT2D eigenvalue weighted by molar-refractivity contribution is 6.16. The first-order chi connectivity index (χ1) is 20.5. The van der Waals surface area contributed by atoms with Gasteiger partial charge >= 0.3 is 0 Å². The van der Waals surface area contributed by atoms with E-state index in [1.165, 1.54) is 0 Å². The summed E-state index contributed by atoms with van der Waals surface area (Å²) in [5, 5.41) is 8.81. The van der Waals surface area contributed by atoms with Gasteiger partial charge in [-0.15, -0.1) is 0 Å². The Morgan fingerprint density at radius 2 is 1.55 bits per heavy atom. The van der Waals surface area contributed by atoms with Crippen LogP contribution in [0.5, 0.6) is 28.7 Å². The summed E-state index contributed by atoms with van der Waals surface area (Å²) >= 11 is 0. The smallest absolute Gasteiger partial charge is 0.203 e. The minimum atomic E-state index is -0.123. The van der Waals surface area contributed by atoms with Crippen LogP contribution in [-0.4, -0.2) is 52.6 Å². The Balaban J connectivity index is 0.000000429. The van der Waals surface area contributed by atoms with Crippen LogP contribution in [-0.2, 0) is 11.2 Å². The molecule has 0 aromatic heterocycles. The quantitative estimate of drug-likeness (QED) is 0.145. The predicted molar refractivity (Wildman–Crippen MR) is 157 cm³/mol. The molecule has 3 aromatic rings. The number of benzene rings is 3. The number of hydrogen-bond acceptors (Lipinski definition) is 9. The molecule has 1 heterocycles. The molecule has 2 atom stereocenters. The third kappa shape index (κ3) is 6.73. The van der Waals surface area contributed by atoms with Crippen LogP contribution in [0.2, 0.25) is 0 Å². The molecule has 2 N–H and O–H groups in total. The van der Waals surface area contributed by atoms with Crippen LogP contribution in [0.15, 0.2) is 48.5 Å². The summed E-state index contributed by atoms with van der Waals surface area (Å²) in [6.45, 7) is 3.18. The first kappa shape index (κ1) is 30.6. The summed E-state index contributed by atoms with van der Waals surface area (Å²) in [6.07, 6.45) is 1.94. The SMILES string of the molecule is CCCOc1c(CC#CNO)cc(C2COC(c3cc(OC)c(OC)c(OC)c3)C2)cc1OC.O=C1c2cccc1c2. The van der Waals surface area contributed by atoms with E-state index >= 15 is 0 Å². The molecule has 2 bridgehead atoms. The molecule has 3 aromatic carbocycles. The van der Waals surface area contributed by atoms with Gasteiger partial charge in [-0.25, -0.2) is 5.48 Å². The predicted octanol–water partition coefficient (Wildman–Crippen LogP) is 5.47. The number of hydrogen-bond donors (Lipinski definition) is 2. The molecule has 3 aliphatic rings. The minimum absolute atomic E-state index is 0.123. The third-order valence-electron chi connectivity index (χ3n) is 7.16. The van der Waals surface area contributed by atoms with Crippen LogP contribution in [0, 0.1) is 12.0 Å². The lowest BCUT2D eigenvalue weighted by atomic mass is 9.91. The standard InChI is InChI=1S/C26H33NO7.C7H4O/c1-6-10-33-25-17(8-7-9-27-28)11-18(12-22(25)29-2)20-15-21(34-16-20)19-13-23(30-3)26(32-5)24(14-19)31-4;8-7-5-2-1-3-6(7)4-5/h11-14,20-21,27-28H,6,8,10,15-16H2,1-5H3;1-4H. The van der Waals surface area contributed by atoms with Gasteiger partial charge in [0.25, 0.3) is 0 Å². The number of ketones is 1. The van der Waals surface area contributed by atoms with Crippen LogP contribution in [0.4, 0.5) is 0 Å². The Kier molecular flexibility index (Phi) is 10.5. The summed E-state index contributed by atoms with van der Waals surface area (Å²) in [5.41, 5.74) is 6.52. The maximum absolute atomic E-state index is 10.7. The Morgan fingerprint density at radius 1 is 0.905 bits per heavy atom. The first-order valence-corrected chi connectivity index (χ1v) is 13.7. The summed E-state index contributed by atoms with van der Waals surface area (Å²) in [7, 11) is 6.42. The van der Waals surface area contributed by atoms with E-state index in [2.05, 4.69) is 25.0 Å². The van der Waals surface area contributed by atoms with Gasteiger partial charge < -0.3 is 28.4 Å². The lowest BCUT2D eigenvalue weighted by molar-refractivity contribution is 0.102. The fourth-order valence-corrected chi connectivity index (χ4v) is 5.02. The van der Waals surface area contributed by atoms with Crippen molar-refractivity contribution < 1.29 is 38.4 Å². The monoisotopic (exact) mass is 575 g/mol. The molecule has 0 amide bonds. The molecule has 9 heteroatoms. The minimum Gasteiger partial charge on any atom is -0.493 e. The molecule has 1 saturated heterocycles. The lowest BCUT2D eigenvalue weighted by Crippen LogP contribution is -2.10. The number of carbonyl (C=O) groups is 1. The molecule has 1 fully saturated rings. The Hall–Kier alpha value is -4.39. The molecule has 0 spiro atoms. The average molecular weight is 576 g/mol. The number of methoxy groups -OCH3 is 4. The van der Waals surface area contributed by atoms with Crippen molar-refractivity contribution in [2.75, 3.05) is 41.7 Å². The molecular weight excluding hydrogens is 538 g/mol. The maximum Gasteiger partial charge on any atom is 0.203 e. The van der Waals surface area contributed by atoms with Gasteiger partial charge in [-0.05, 0) is 48.2 Å². The third-order valence-corrected chi connectivity index (χ3v) is 7.16. The lowest BCUT2D eigenvalue weighted by Gasteiger charge is -2.18. The van der Waals surface area contributed by atoms with Crippen molar-refractivity contribution in [3.63, 3.8) is 0 Å². The molecule has 0 saturated carbocycles. The van der Waals surface area contributed by atoms with Gasteiger partial charge in [0, 0.05) is 35.1 Å². The molecule has 0 radical (unpaired) electrons. The van der Waals surface area contributed by atoms with Crippen LogP contribution >= 0.6 is 0 Å². The first-order valence-electron chi connectivity index (χ1n) is 13.7. The highest BCUT2D eigenvalue weighted by atomic mass is 16.5. The highest BCUT2D eigenvalue weighted by Crippen LogP contribution is 2.46. The number of rotatable bonds is 10. The van der Waals surface area contributed by atoms with Gasteiger partial charge in [-0.1, -0.05) is 37.1 Å². The van der Waals surface area contributed by atoms with E-state index in [1.807, 2.05) is 47.9 Å². The van der Waals surface area contributed by atoms with E-state index in [-0.39, 0.29) is 17.8 Å². The van der Waals surface area contributed by atoms with Crippen LogP contribution in [0.25, 0.3) is 0 Å². The van der Waals surface area contributed by atoms with Gasteiger partial charge in [-0.3, -0.25) is 10.0 Å². The summed E-state index contributed by atoms with van der Waals surface area (Å²) in [4.78, 5) is 10.7. The topological polar surface area (TPSA) is 105 Å². The van der Waals surface area contributed by atoms with E-state index in [4.69, 9.17) is 33.6 Å². The van der Waals surface area contributed by atoms with Crippen molar-refractivity contribution in [3.8, 4) is 40.7 Å². The second-order valence-corrected chi connectivity index (χ2v) is 9.77. The van der Waals surface area contributed by atoms with Crippen molar-refractivity contribution in [1.82, 2.24) is 5.48 Å². The average Bonchev–Trinajstić information content (AvgIpc) is 3.54. The Bertz CT molecular complexity index is 1400. The van der Waals surface area contributed by atoms with Crippen molar-refractivity contribution in [2.45, 2.75) is 38.2 Å². The summed E-state index contributed by atoms with van der Waals surface area (Å²) in [5.74, 6) is 6.34. The van der Waals surface area contributed by atoms with Gasteiger partial charge in [0.1, 0.15) is 0 Å². The van der Waals surface area contributed by atoms with Crippen LogP contribution in [0.1, 0.15) is 64.4 Å². The number of ether oxygens (including phenoxy) is 6. The van der Waals surface area contributed by atoms with Gasteiger partial charge in [0.2, 0.25) is 5.75 Å². The van der Waals surface area contributed by atoms with Crippen molar-refractivity contribution >= 4 is 5.78 Å². The number of carbonyl (C=O) groups excluding carboxylic acids is 1. The highest BCUT2D eigenvalue weighted by Gasteiger charge is 2.31. The zero-order valence-electron chi connectivity index (χ0n) is 24.6. The summed E-state index contributed by atoms with van der Waals surface area (Å²) in [6, 6.07) is 17.9. The zero-order chi connectivity index (χ0) is 30.1. The van der Waals surface area contributed by atoms with Gasteiger partial charge in [-0.2, -0.15) is 0 Å². The van der Waals surface area contributed by atoms with Crippen molar-refractivity contribution in [1.29, 1.82) is 0 Å². The molecule has 9 nitrogen and oxygen atoms in total. The van der Waals surface area contributed by atoms with E-state index in [0.717, 1.165) is 40.7 Å². The van der Waals surface area contributed by atoms with Crippen molar-refractivity contribution in [2.24, 2.45) is 0 Å². The number of fused-ring (bicyclic) bond motifs is 2. The van der Waals surface area contributed by atoms with Crippen LogP contribution < -0.4 is 29.2 Å². The Morgan fingerprint density at radius 3 is 2.07 bits per heavy atom. The molecule has 222 valence electrons. The van der Waals surface area contributed by atoms with Crippen molar-refractivity contribution in [3.05, 3.63) is 76.3 Å². The zero-order valence-corrected chi connectivity index (χ0v) is 24.6. The normalized spacial score (nSPS) is 16.2. The molecular formula is C33H37NO8. The fourth-order valence-electron chi connectivity index (χ4n) is 5.02. The Labute approximate surface area is 246 Å². The second-order valence-electron chi connectivity index (χ2n) is 9.77. The van der Waals surface area contributed by atoms with Crippen LogP contribution in [0.3, 0.4) is 0 Å². The largest absolute Gasteiger partial charge is 0.493 e. The van der Waals surface area contributed by atoms with Gasteiger partial charge in [0.15, 0.2) is 28.8 Å². The van der Waals surface area contributed by atoms with E-state index in [1.54, 1.807) is 28.4 Å². The molecule has 2 aliphatic carbocycles. The maximum atomic E-state index is 10.7. The molecule has 6 rings (SSSR count). The van der Waals surface area contributed by atoms with Gasteiger partial charge in [0.05, 0.1) is 47.8 Å². The second kappa shape index (κ2) is 14.5. The fraction of sp³-hybridized carbons (Fsp3) is 0.364. The molecule has 42 heavy (non-hydrogen) atoms. The molecule has 2 unspecified atom stereocenters. The van der Waals surface area contributed by atoms with E-state index < -0.39 is 0 Å². The number of hydroxylamine groups is 1. The van der Waals surface area contributed by atoms with E-state index in [9.17, 15) is 4.79 Å². The molecule has 1 aliphatic heterocycles. The van der Waals surface area contributed by atoms with E-state index in [0.29, 0.717) is 48.4 Å². The number of nitrogens with one attached hydrogen (secondary N) is 1.